The molecular weight excluding hydrogens is 178 g/mol. The molecular formula is C11H15NS. The van der Waals surface area contributed by atoms with E-state index in [2.05, 4.69) is 35.6 Å². The lowest BCUT2D eigenvalue weighted by molar-refractivity contribution is 0.909. The van der Waals surface area contributed by atoms with E-state index in [9.17, 15) is 0 Å². The van der Waals surface area contributed by atoms with Gasteiger partial charge in [0, 0.05) is 12.3 Å². The van der Waals surface area contributed by atoms with E-state index < -0.39 is 0 Å². The Kier molecular flexibility index (Phi) is 5.38. The number of rotatable bonds is 6. The summed E-state index contributed by atoms with van der Waals surface area (Å²) in [4.78, 5) is 0. The quantitative estimate of drug-likeness (QED) is 0.423. The molecule has 0 radical (unpaired) electrons. The fraction of sp³-hybridized carbons (Fsp3) is 0.273. The van der Waals surface area contributed by atoms with Crippen LogP contribution in [0.15, 0.2) is 43.0 Å². The van der Waals surface area contributed by atoms with Gasteiger partial charge in [0.15, 0.2) is 0 Å². The van der Waals surface area contributed by atoms with Crippen molar-refractivity contribution in [2.24, 2.45) is 0 Å². The molecule has 0 aliphatic heterocycles. The van der Waals surface area contributed by atoms with Crippen LogP contribution >= 0.6 is 11.9 Å². The van der Waals surface area contributed by atoms with Gasteiger partial charge in [-0.05, 0) is 12.0 Å². The number of benzene rings is 1. The van der Waals surface area contributed by atoms with Crippen molar-refractivity contribution in [2.45, 2.75) is 6.42 Å². The second-order valence-electron chi connectivity index (χ2n) is 2.73. The van der Waals surface area contributed by atoms with Crippen molar-refractivity contribution in [3.05, 3.63) is 48.6 Å². The van der Waals surface area contributed by atoms with Gasteiger partial charge in [-0.1, -0.05) is 48.4 Å². The van der Waals surface area contributed by atoms with Crippen molar-refractivity contribution in [2.75, 3.05) is 12.3 Å². The molecule has 1 aromatic carbocycles. The highest BCUT2D eigenvalue weighted by Crippen LogP contribution is 1.99. The molecule has 70 valence electrons. The van der Waals surface area contributed by atoms with E-state index in [1.807, 2.05) is 12.1 Å². The Labute approximate surface area is 84.4 Å². The van der Waals surface area contributed by atoms with Crippen molar-refractivity contribution in [3.63, 3.8) is 0 Å². The summed E-state index contributed by atoms with van der Waals surface area (Å²) in [5, 5.41) is 0. The molecule has 0 atom stereocenters. The molecule has 0 aliphatic rings. The topological polar surface area (TPSA) is 12.0 Å². The van der Waals surface area contributed by atoms with Crippen LogP contribution in [0, 0.1) is 0 Å². The van der Waals surface area contributed by atoms with Gasteiger partial charge in [-0.25, -0.2) is 0 Å². The highest BCUT2D eigenvalue weighted by atomic mass is 32.2. The van der Waals surface area contributed by atoms with E-state index in [0.717, 1.165) is 18.7 Å². The Hall–Kier alpha value is -0.730. The fourth-order valence-electron chi connectivity index (χ4n) is 1.03. The van der Waals surface area contributed by atoms with Crippen LogP contribution < -0.4 is 4.72 Å². The normalized spacial score (nSPS) is 9.85. The van der Waals surface area contributed by atoms with Crippen LogP contribution in [0.1, 0.15) is 5.56 Å². The van der Waals surface area contributed by atoms with E-state index >= 15 is 0 Å². The zero-order chi connectivity index (χ0) is 9.36. The van der Waals surface area contributed by atoms with Crippen molar-refractivity contribution >= 4 is 11.9 Å². The second kappa shape index (κ2) is 6.75. The molecule has 0 heterocycles. The highest BCUT2D eigenvalue weighted by molar-refractivity contribution is 7.97. The molecule has 0 saturated heterocycles. The molecule has 1 aromatic rings. The lowest BCUT2D eigenvalue weighted by atomic mass is 10.2. The van der Waals surface area contributed by atoms with Crippen molar-refractivity contribution in [3.8, 4) is 0 Å². The Balaban J connectivity index is 2.10. The van der Waals surface area contributed by atoms with Crippen LogP contribution in [0.3, 0.4) is 0 Å². The molecule has 13 heavy (non-hydrogen) atoms. The van der Waals surface area contributed by atoms with Gasteiger partial charge in [0.1, 0.15) is 0 Å². The zero-order valence-corrected chi connectivity index (χ0v) is 8.52. The Bertz CT molecular complexity index is 233. The second-order valence-corrected chi connectivity index (χ2v) is 3.64. The molecule has 1 nitrogen and oxygen atoms in total. The third kappa shape index (κ3) is 4.76. The van der Waals surface area contributed by atoms with E-state index in [1.54, 1.807) is 11.9 Å². The summed E-state index contributed by atoms with van der Waals surface area (Å²) in [5.74, 6) is 0.967. The minimum Gasteiger partial charge on any atom is -0.264 e. The van der Waals surface area contributed by atoms with Crippen LogP contribution in [-0.2, 0) is 6.42 Å². The van der Waals surface area contributed by atoms with Crippen LogP contribution in [0.5, 0.6) is 0 Å². The van der Waals surface area contributed by atoms with Gasteiger partial charge in [0.25, 0.3) is 0 Å². The lowest BCUT2D eigenvalue weighted by Crippen LogP contribution is -2.08. The van der Waals surface area contributed by atoms with Crippen LogP contribution in [0.25, 0.3) is 0 Å². The van der Waals surface area contributed by atoms with Crippen molar-refractivity contribution in [1.29, 1.82) is 0 Å². The van der Waals surface area contributed by atoms with E-state index in [4.69, 9.17) is 0 Å². The van der Waals surface area contributed by atoms with Gasteiger partial charge in [-0.2, -0.15) is 0 Å². The Morgan fingerprint density at radius 2 is 2.08 bits per heavy atom. The summed E-state index contributed by atoms with van der Waals surface area (Å²) in [6.45, 7) is 4.67. The number of hydrogen-bond acceptors (Lipinski definition) is 2. The summed E-state index contributed by atoms with van der Waals surface area (Å²) < 4.78 is 3.28. The molecule has 0 aromatic heterocycles. The number of nitrogens with one attached hydrogen (secondary N) is 1. The molecule has 2 heteroatoms. The predicted octanol–water partition coefficient (Wildman–Crippen LogP) is 2.65. The van der Waals surface area contributed by atoms with Gasteiger partial charge < -0.3 is 0 Å². The predicted molar refractivity (Wildman–Crippen MR) is 60.8 cm³/mol. The van der Waals surface area contributed by atoms with Gasteiger partial charge in [-0.3, -0.25) is 4.72 Å². The molecule has 0 bridgehead atoms. The van der Waals surface area contributed by atoms with Crippen molar-refractivity contribution in [1.82, 2.24) is 4.72 Å². The SMILES string of the molecule is C=CCSNCCc1ccccc1. The lowest BCUT2D eigenvalue weighted by Gasteiger charge is -2.01. The Morgan fingerprint density at radius 3 is 2.77 bits per heavy atom. The van der Waals surface area contributed by atoms with Gasteiger partial charge in [0.2, 0.25) is 0 Å². The highest BCUT2D eigenvalue weighted by Gasteiger charge is 1.90. The maximum absolute atomic E-state index is 3.66. The van der Waals surface area contributed by atoms with E-state index in [-0.39, 0.29) is 0 Å². The smallest absolute Gasteiger partial charge is 0.0256 e. The zero-order valence-electron chi connectivity index (χ0n) is 7.70. The third-order valence-electron chi connectivity index (χ3n) is 1.66. The molecule has 0 saturated carbocycles. The molecule has 0 aliphatic carbocycles. The van der Waals surface area contributed by atoms with E-state index in [0.29, 0.717) is 0 Å². The summed E-state index contributed by atoms with van der Waals surface area (Å²) in [5.41, 5.74) is 1.38. The van der Waals surface area contributed by atoms with Crippen LogP contribution in [-0.4, -0.2) is 12.3 Å². The maximum atomic E-state index is 3.66. The monoisotopic (exact) mass is 193 g/mol. The summed E-state index contributed by atoms with van der Waals surface area (Å²) in [6, 6.07) is 10.5. The standard InChI is InChI=1S/C11H15NS/c1-2-10-13-12-9-8-11-6-4-3-5-7-11/h2-7,12H,1,8-10H2. The summed E-state index contributed by atoms with van der Waals surface area (Å²) >= 11 is 1.70. The molecule has 1 rings (SSSR count). The van der Waals surface area contributed by atoms with Crippen LogP contribution in [0.4, 0.5) is 0 Å². The first-order valence-corrected chi connectivity index (χ1v) is 5.41. The fourth-order valence-corrected chi connectivity index (χ4v) is 1.51. The van der Waals surface area contributed by atoms with Gasteiger partial charge in [-0.15, -0.1) is 6.58 Å². The first kappa shape index (κ1) is 10.4. The van der Waals surface area contributed by atoms with Crippen LogP contribution in [0.2, 0.25) is 0 Å². The van der Waals surface area contributed by atoms with Gasteiger partial charge >= 0.3 is 0 Å². The minimum absolute atomic E-state index is 0.967. The molecule has 0 unspecified atom stereocenters. The molecule has 1 N–H and O–H groups in total. The minimum atomic E-state index is 0.967. The maximum Gasteiger partial charge on any atom is 0.0256 e. The average Bonchev–Trinajstić information content (AvgIpc) is 2.19. The average molecular weight is 193 g/mol. The number of hydrogen-bond donors (Lipinski definition) is 1. The largest absolute Gasteiger partial charge is 0.264 e. The first-order valence-electron chi connectivity index (χ1n) is 4.43. The van der Waals surface area contributed by atoms with Crippen molar-refractivity contribution < 1.29 is 0 Å². The third-order valence-corrected chi connectivity index (χ3v) is 2.47. The summed E-state index contributed by atoms with van der Waals surface area (Å²) in [7, 11) is 0. The molecule has 0 fully saturated rings. The van der Waals surface area contributed by atoms with Gasteiger partial charge in [0.05, 0.1) is 0 Å². The first-order chi connectivity index (χ1) is 6.43. The summed E-state index contributed by atoms with van der Waals surface area (Å²) in [6.07, 6.45) is 2.99. The molecule has 0 amide bonds. The van der Waals surface area contributed by atoms with E-state index in [1.165, 1.54) is 5.56 Å². The Morgan fingerprint density at radius 1 is 1.31 bits per heavy atom. The molecule has 0 spiro atoms.